The summed E-state index contributed by atoms with van der Waals surface area (Å²) in [7, 11) is 0. The summed E-state index contributed by atoms with van der Waals surface area (Å²) in [6.45, 7) is 1.36. The molecular formula is C26H40N6O5. The van der Waals surface area contributed by atoms with Gasteiger partial charge in [-0.05, 0) is 81.0 Å². The van der Waals surface area contributed by atoms with Crippen molar-refractivity contribution in [1.29, 1.82) is 0 Å². The van der Waals surface area contributed by atoms with E-state index in [-0.39, 0.29) is 11.5 Å². The molecule has 3 unspecified atom stereocenters. The van der Waals surface area contributed by atoms with E-state index in [0.717, 1.165) is 68.8 Å². The number of aromatic nitrogens is 2. The fourth-order valence-corrected chi connectivity index (χ4v) is 7.50. The number of unbranched alkanes of at least 4 members (excludes halogenated alkanes) is 1. The van der Waals surface area contributed by atoms with E-state index in [1.807, 2.05) is 0 Å². The van der Waals surface area contributed by atoms with Crippen LogP contribution in [0.15, 0.2) is 12.4 Å². The Morgan fingerprint density at radius 2 is 1.84 bits per heavy atom. The Balaban J connectivity index is 1.05. The summed E-state index contributed by atoms with van der Waals surface area (Å²) in [6, 6.07) is -1.72. The van der Waals surface area contributed by atoms with Gasteiger partial charge in [0.1, 0.15) is 12.1 Å². The molecule has 6 rings (SSSR count). The van der Waals surface area contributed by atoms with E-state index in [0.29, 0.717) is 13.0 Å². The lowest BCUT2D eigenvalue weighted by atomic mass is 9.49. The van der Waals surface area contributed by atoms with E-state index in [9.17, 15) is 19.5 Å². The topological polar surface area (TPSA) is 157 Å². The van der Waals surface area contributed by atoms with Crippen molar-refractivity contribution in [2.75, 3.05) is 18.4 Å². The molecular weight excluding hydrogens is 476 g/mol. The molecule has 0 spiro atoms. The third-order valence-electron chi connectivity index (χ3n) is 8.75. The lowest BCUT2D eigenvalue weighted by Crippen LogP contribution is -2.55. The number of carboxylic acids is 1. The Morgan fingerprint density at radius 1 is 1.11 bits per heavy atom. The average molecular weight is 517 g/mol. The fraction of sp³-hybridized carbons (Fsp3) is 0.769. The van der Waals surface area contributed by atoms with E-state index >= 15 is 0 Å². The number of hydrogen-bond acceptors (Lipinski definition) is 7. The molecule has 4 bridgehead atoms. The van der Waals surface area contributed by atoms with Gasteiger partial charge in [0, 0.05) is 31.9 Å². The van der Waals surface area contributed by atoms with Crippen LogP contribution in [-0.4, -0.2) is 64.1 Å². The van der Waals surface area contributed by atoms with Crippen LogP contribution in [0.2, 0.25) is 0 Å². The zero-order chi connectivity index (χ0) is 25.8. The fourth-order valence-electron chi connectivity index (χ4n) is 7.50. The Labute approximate surface area is 217 Å². The summed E-state index contributed by atoms with van der Waals surface area (Å²) in [5, 5.41) is 18.3. The number of hydroxylamine groups is 1. The van der Waals surface area contributed by atoms with Gasteiger partial charge in [-0.15, -0.1) is 0 Å². The average Bonchev–Trinajstić information content (AvgIpc) is 3.53. The number of imidazole rings is 1. The van der Waals surface area contributed by atoms with E-state index < -0.39 is 36.3 Å². The Hall–Kier alpha value is -2.66. The first-order valence-electron chi connectivity index (χ1n) is 13.8. The van der Waals surface area contributed by atoms with Gasteiger partial charge in [-0.2, -0.15) is 5.48 Å². The molecule has 37 heavy (non-hydrogen) atoms. The van der Waals surface area contributed by atoms with Crippen LogP contribution in [0.4, 0.5) is 5.95 Å². The predicted octanol–water partition coefficient (Wildman–Crippen LogP) is 1.95. The summed E-state index contributed by atoms with van der Waals surface area (Å²) < 4.78 is 0. The maximum absolute atomic E-state index is 13.0. The maximum atomic E-state index is 13.0. The molecule has 204 valence electrons. The molecule has 2 amide bonds. The molecule has 0 radical (unpaired) electrons. The van der Waals surface area contributed by atoms with Gasteiger partial charge in [-0.3, -0.25) is 19.2 Å². The number of H-pyrrole nitrogens is 1. The first-order valence-corrected chi connectivity index (χ1v) is 13.8. The van der Waals surface area contributed by atoms with Crippen molar-refractivity contribution >= 4 is 23.7 Å². The second kappa shape index (κ2) is 11.4. The summed E-state index contributed by atoms with van der Waals surface area (Å²) in [5.74, 6) is 1.12. The van der Waals surface area contributed by atoms with Gasteiger partial charge in [0.05, 0.1) is 12.5 Å². The van der Waals surface area contributed by atoms with Crippen LogP contribution in [0.5, 0.6) is 0 Å². The number of anilines is 1. The molecule has 5 fully saturated rings. The van der Waals surface area contributed by atoms with Crippen LogP contribution in [0.25, 0.3) is 0 Å². The van der Waals surface area contributed by atoms with Crippen LogP contribution >= 0.6 is 0 Å². The highest BCUT2D eigenvalue weighted by Gasteiger charge is 2.51. The normalized spacial score (nSPS) is 32.7. The van der Waals surface area contributed by atoms with Crippen molar-refractivity contribution in [3.05, 3.63) is 12.4 Å². The molecule has 1 aromatic heterocycles. The number of nitrogens with one attached hydrogen (secondary N) is 5. The zero-order valence-electron chi connectivity index (χ0n) is 21.3. The Morgan fingerprint density at radius 3 is 2.49 bits per heavy atom. The van der Waals surface area contributed by atoms with E-state index in [1.165, 1.54) is 19.3 Å². The van der Waals surface area contributed by atoms with Crippen molar-refractivity contribution in [2.45, 2.75) is 88.8 Å². The number of amides is 2. The van der Waals surface area contributed by atoms with Crippen LogP contribution in [0.1, 0.15) is 70.6 Å². The number of rotatable bonds is 13. The molecule has 6 N–H and O–H groups in total. The van der Waals surface area contributed by atoms with Crippen molar-refractivity contribution in [3.63, 3.8) is 0 Å². The third-order valence-corrected chi connectivity index (χ3v) is 8.75. The molecule has 4 saturated carbocycles. The maximum Gasteiger partial charge on any atom is 0.305 e. The largest absolute Gasteiger partial charge is 0.481 e. The molecule has 0 aromatic carbocycles. The van der Waals surface area contributed by atoms with Gasteiger partial charge in [-0.1, -0.05) is 0 Å². The van der Waals surface area contributed by atoms with Gasteiger partial charge >= 0.3 is 5.97 Å². The number of carboxylic acid groups (broad SMARTS) is 1. The summed E-state index contributed by atoms with van der Waals surface area (Å²) in [5.41, 5.74) is 2.91. The van der Waals surface area contributed by atoms with Gasteiger partial charge in [0.15, 0.2) is 5.95 Å². The molecule has 5 aliphatic rings. The van der Waals surface area contributed by atoms with E-state index in [4.69, 9.17) is 4.84 Å². The van der Waals surface area contributed by atoms with Gasteiger partial charge in [0.25, 0.3) is 0 Å². The Bertz CT molecular complexity index is 918. The predicted molar refractivity (Wildman–Crippen MR) is 135 cm³/mol. The number of aromatic amines is 1. The molecule has 1 saturated heterocycles. The second-order valence-corrected chi connectivity index (χ2v) is 11.8. The second-order valence-electron chi connectivity index (χ2n) is 11.8. The van der Waals surface area contributed by atoms with Crippen molar-refractivity contribution in [3.8, 4) is 0 Å². The first kappa shape index (κ1) is 26.0. The van der Waals surface area contributed by atoms with E-state index in [1.54, 1.807) is 12.4 Å². The highest BCUT2D eigenvalue weighted by molar-refractivity contribution is 5.92. The quantitative estimate of drug-likeness (QED) is 0.217. The molecule has 4 aliphatic carbocycles. The lowest BCUT2D eigenvalue weighted by Gasteiger charge is -2.57. The minimum Gasteiger partial charge on any atom is -0.481 e. The first-order chi connectivity index (χ1) is 17.9. The summed E-state index contributed by atoms with van der Waals surface area (Å²) in [4.78, 5) is 50.0. The van der Waals surface area contributed by atoms with Gasteiger partial charge in [0.2, 0.25) is 11.8 Å². The van der Waals surface area contributed by atoms with Crippen LogP contribution in [0.3, 0.4) is 0 Å². The molecule has 11 nitrogen and oxygen atoms in total. The minimum atomic E-state index is -1.12. The highest BCUT2D eigenvalue weighted by atomic mass is 16.7. The standard InChI is InChI=1S/C26H40N6O5/c33-22(34)11-20(23(35)30-15-26-12-16-7-17(13-26)9-18(8-16)14-26)31-24(36)21-10-19(37-32-21)3-1-2-4-27-25-28-5-6-29-25/h5-6,16-21,32H,1-4,7-15H2,(H,30,35)(H,31,36)(H,33,34)(H2,27,28,29). The van der Waals surface area contributed by atoms with Crippen molar-refractivity contribution < 1.29 is 24.3 Å². The van der Waals surface area contributed by atoms with Crippen LogP contribution in [-0.2, 0) is 19.2 Å². The number of hydrogen-bond donors (Lipinski definition) is 6. The van der Waals surface area contributed by atoms with Crippen LogP contribution < -0.4 is 21.4 Å². The summed E-state index contributed by atoms with van der Waals surface area (Å²) >= 11 is 0. The minimum absolute atomic E-state index is 0.109. The van der Waals surface area contributed by atoms with Crippen LogP contribution in [0, 0.1) is 23.2 Å². The molecule has 3 atom stereocenters. The number of nitrogens with zero attached hydrogens (tertiary/aromatic N) is 1. The number of aliphatic carboxylic acids is 1. The monoisotopic (exact) mass is 516 g/mol. The van der Waals surface area contributed by atoms with Gasteiger partial charge in [-0.25, -0.2) is 4.98 Å². The summed E-state index contributed by atoms with van der Waals surface area (Å²) in [6.07, 6.45) is 13.5. The smallest absolute Gasteiger partial charge is 0.305 e. The van der Waals surface area contributed by atoms with Crippen molar-refractivity contribution in [1.82, 2.24) is 26.1 Å². The SMILES string of the molecule is O=C(O)CC(NC(=O)C1CC(CCCCNc2ncc[nH]2)ON1)C(=O)NCC12CC3CC(CC(C3)C1)C2. The molecule has 1 aliphatic heterocycles. The van der Waals surface area contributed by atoms with Crippen molar-refractivity contribution in [2.24, 2.45) is 23.2 Å². The molecule has 2 heterocycles. The number of carbonyl (C=O) groups is 3. The third kappa shape index (κ3) is 6.62. The Kier molecular flexibility index (Phi) is 7.99. The number of carbonyl (C=O) groups excluding carboxylic acids is 2. The molecule has 1 aromatic rings. The molecule has 11 heteroatoms. The highest BCUT2D eigenvalue weighted by Crippen LogP contribution is 2.59. The lowest BCUT2D eigenvalue weighted by molar-refractivity contribution is -0.141. The zero-order valence-corrected chi connectivity index (χ0v) is 21.3. The van der Waals surface area contributed by atoms with E-state index in [2.05, 4.69) is 31.4 Å². The van der Waals surface area contributed by atoms with Gasteiger partial charge < -0.3 is 26.0 Å².